The maximum absolute atomic E-state index is 11.7. The topological polar surface area (TPSA) is 50.2 Å². The molecule has 1 aliphatic heterocycles. The van der Waals surface area contributed by atoms with Crippen LogP contribution >= 0.6 is 11.6 Å². The van der Waals surface area contributed by atoms with Crippen molar-refractivity contribution in [2.24, 2.45) is 5.92 Å². The van der Waals surface area contributed by atoms with Gasteiger partial charge in [-0.05, 0) is 25.9 Å². The quantitative estimate of drug-likeness (QED) is 0.868. The third-order valence-corrected chi connectivity index (χ3v) is 3.44. The van der Waals surface area contributed by atoms with Crippen molar-refractivity contribution in [3.63, 3.8) is 0 Å². The summed E-state index contributed by atoms with van der Waals surface area (Å²) in [6.07, 6.45) is 4.92. The number of aryl methyl sites for hydroxylation is 1. The van der Waals surface area contributed by atoms with Crippen molar-refractivity contribution in [1.29, 1.82) is 0 Å². The summed E-state index contributed by atoms with van der Waals surface area (Å²) in [7, 11) is 2.11. The molecule has 18 heavy (non-hydrogen) atoms. The second-order valence-electron chi connectivity index (χ2n) is 4.89. The van der Waals surface area contributed by atoms with Crippen LogP contribution in [0.1, 0.15) is 12.8 Å². The minimum Gasteiger partial charge on any atom is -0.356 e. The molecular weight excluding hydrogens is 252 g/mol. The Bertz CT molecular complexity index is 407. The molecule has 1 aromatic heterocycles. The van der Waals surface area contributed by atoms with Crippen LogP contribution < -0.4 is 5.32 Å². The lowest BCUT2D eigenvalue weighted by atomic mass is 10.1. The number of carbonyl (C=O) groups is 1. The molecule has 0 aromatic carbocycles. The number of amides is 1. The van der Waals surface area contributed by atoms with Gasteiger partial charge in [0.15, 0.2) is 0 Å². The number of hydrogen-bond donors (Lipinski definition) is 1. The van der Waals surface area contributed by atoms with Gasteiger partial charge in [0, 0.05) is 32.3 Å². The molecule has 0 radical (unpaired) electrons. The molecule has 0 spiro atoms. The predicted molar refractivity (Wildman–Crippen MR) is 70.5 cm³/mol. The average Bonchev–Trinajstić information content (AvgIpc) is 2.93. The van der Waals surface area contributed by atoms with E-state index in [9.17, 15) is 4.79 Å². The second-order valence-corrected chi connectivity index (χ2v) is 5.33. The van der Waals surface area contributed by atoms with Gasteiger partial charge >= 0.3 is 0 Å². The van der Waals surface area contributed by atoms with E-state index < -0.39 is 0 Å². The summed E-state index contributed by atoms with van der Waals surface area (Å²) in [6.45, 7) is 3.56. The van der Waals surface area contributed by atoms with Crippen LogP contribution in [0.3, 0.4) is 0 Å². The van der Waals surface area contributed by atoms with Crippen molar-refractivity contribution in [2.75, 3.05) is 26.7 Å². The first kappa shape index (κ1) is 13.4. The van der Waals surface area contributed by atoms with E-state index >= 15 is 0 Å². The van der Waals surface area contributed by atoms with Crippen LogP contribution in [-0.4, -0.2) is 47.3 Å². The summed E-state index contributed by atoms with van der Waals surface area (Å²) in [5, 5.41) is 7.62. The first-order valence-electron chi connectivity index (χ1n) is 6.26. The predicted octanol–water partition coefficient (Wildman–Crippen LogP) is 0.994. The Morgan fingerprint density at radius 1 is 1.67 bits per heavy atom. The van der Waals surface area contributed by atoms with Gasteiger partial charge in [0.05, 0.1) is 11.2 Å². The fraction of sp³-hybridized carbons (Fsp3) is 0.667. The Morgan fingerprint density at radius 2 is 2.50 bits per heavy atom. The SMILES string of the molecule is CN1CCC(CNC(=O)CCn2cc(Cl)cn2)C1. The Labute approximate surface area is 112 Å². The highest BCUT2D eigenvalue weighted by atomic mass is 35.5. The number of hydrogen-bond acceptors (Lipinski definition) is 3. The van der Waals surface area contributed by atoms with E-state index in [4.69, 9.17) is 11.6 Å². The summed E-state index contributed by atoms with van der Waals surface area (Å²) in [6, 6.07) is 0. The lowest BCUT2D eigenvalue weighted by Crippen LogP contribution is -2.31. The number of nitrogens with zero attached hydrogens (tertiary/aromatic N) is 3. The van der Waals surface area contributed by atoms with Crippen LogP contribution in [0.15, 0.2) is 12.4 Å². The van der Waals surface area contributed by atoms with Crippen LogP contribution in [0, 0.1) is 5.92 Å². The van der Waals surface area contributed by atoms with Crippen LogP contribution in [0.25, 0.3) is 0 Å². The summed E-state index contributed by atoms with van der Waals surface area (Å²) >= 11 is 5.75. The van der Waals surface area contributed by atoms with Crippen LogP contribution in [0.2, 0.25) is 5.02 Å². The molecule has 1 aromatic rings. The number of halogens is 1. The molecule has 1 aliphatic rings. The van der Waals surface area contributed by atoms with E-state index in [0.717, 1.165) is 19.6 Å². The third-order valence-electron chi connectivity index (χ3n) is 3.25. The van der Waals surface area contributed by atoms with Gasteiger partial charge in [0.25, 0.3) is 0 Å². The maximum Gasteiger partial charge on any atom is 0.221 e. The van der Waals surface area contributed by atoms with Gasteiger partial charge in [-0.25, -0.2) is 0 Å². The van der Waals surface area contributed by atoms with Crippen molar-refractivity contribution >= 4 is 17.5 Å². The molecule has 1 amide bonds. The summed E-state index contributed by atoms with van der Waals surface area (Å²) < 4.78 is 1.69. The van der Waals surface area contributed by atoms with Crippen molar-refractivity contribution in [3.8, 4) is 0 Å². The highest BCUT2D eigenvalue weighted by Gasteiger charge is 2.19. The highest BCUT2D eigenvalue weighted by molar-refractivity contribution is 6.30. The molecule has 5 nitrogen and oxygen atoms in total. The van der Waals surface area contributed by atoms with Crippen molar-refractivity contribution in [3.05, 3.63) is 17.4 Å². The van der Waals surface area contributed by atoms with Gasteiger partial charge < -0.3 is 10.2 Å². The van der Waals surface area contributed by atoms with Crippen molar-refractivity contribution < 1.29 is 4.79 Å². The Kier molecular flexibility index (Phi) is 4.60. The van der Waals surface area contributed by atoms with Gasteiger partial charge in [0.1, 0.15) is 0 Å². The molecule has 6 heteroatoms. The normalized spacial score (nSPS) is 20.2. The van der Waals surface area contributed by atoms with Gasteiger partial charge in [0.2, 0.25) is 5.91 Å². The summed E-state index contributed by atoms with van der Waals surface area (Å²) in [4.78, 5) is 14.0. The second kappa shape index (κ2) is 6.20. The minimum absolute atomic E-state index is 0.0798. The molecule has 1 fully saturated rings. The molecule has 2 rings (SSSR count). The number of likely N-dealkylation sites (tertiary alicyclic amines) is 1. The summed E-state index contributed by atoms with van der Waals surface area (Å²) in [5.41, 5.74) is 0. The van der Waals surface area contributed by atoms with Gasteiger partial charge in [-0.15, -0.1) is 0 Å². The van der Waals surface area contributed by atoms with Gasteiger partial charge in [-0.3, -0.25) is 9.48 Å². The van der Waals surface area contributed by atoms with E-state index in [2.05, 4.69) is 22.4 Å². The highest BCUT2D eigenvalue weighted by Crippen LogP contribution is 2.12. The van der Waals surface area contributed by atoms with Gasteiger partial charge in [-0.2, -0.15) is 5.10 Å². The van der Waals surface area contributed by atoms with Crippen molar-refractivity contribution in [2.45, 2.75) is 19.4 Å². The zero-order valence-corrected chi connectivity index (χ0v) is 11.4. The molecule has 100 valence electrons. The van der Waals surface area contributed by atoms with Crippen molar-refractivity contribution in [1.82, 2.24) is 20.0 Å². The number of aromatic nitrogens is 2. The fourth-order valence-corrected chi connectivity index (χ4v) is 2.37. The Balaban J connectivity index is 1.63. The van der Waals surface area contributed by atoms with E-state index in [1.54, 1.807) is 17.1 Å². The number of carbonyl (C=O) groups excluding carboxylic acids is 1. The van der Waals surface area contributed by atoms with E-state index in [0.29, 0.717) is 23.9 Å². The Hall–Kier alpha value is -1.07. The number of nitrogens with one attached hydrogen (secondary N) is 1. The minimum atomic E-state index is 0.0798. The first-order chi connectivity index (χ1) is 8.63. The lowest BCUT2D eigenvalue weighted by molar-refractivity contribution is -0.121. The molecule has 1 unspecified atom stereocenters. The third kappa shape index (κ3) is 3.99. The molecule has 1 N–H and O–H groups in total. The van der Waals surface area contributed by atoms with E-state index in [1.165, 1.54) is 6.42 Å². The molecular formula is C12H19ClN4O. The largest absolute Gasteiger partial charge is 0.356 e. The fourth-order valence-electron chi connectivity index (χ4n) is 2.22. The van der Waals surface area contributed by atoms with Crippen LogP contribution in [0.4, 0.5) is 0 Å². The zero-order valence-electron chi connectivity index (χ0n) is 10.6. The number of rotatable bonds is 5. The molecule has 0 bridgehead atoms. The molecule has 1 saturated heterocycles. The maximum atomic E-state index is 11.7. The molecule has 0 saturated carbocycles. The van der Waals surface area contributed by atoms with E-state index in [1.807, 2.05) is 0 Å². The zero-order chi connectivity index (χ0) is 13.0. The Morgan fingerprint density at radius 3 is 3.11 bits per heavy atom. The first-order valence-corrected chi connectivity index (χ1v) is 6.64. The van der Waals surface area contributed by atoms with E-state index in [-0.39, 0.29) is 5.91 Å². The smallest absolute Gasteiger partial charge is 0.221 e. The van der Waals surface area contributed by atoms with Gasteiger partial charge in [-0.1, -0.05) is 11.6 Å². The molecule has 2 heterocycles. The van der Waals surface area contributed by atoms with Crippen LogP contribution in [0.5, 0.6) is 0 Å². The lowest BCUT2D eigenvalue weighted by Gasteiger charge is -2.11. The van der Waals surface area contributed by atoms with Crippen LogP contribution in [-0.2, 0) is 11.3 Å². The average molecular weight is 271 g/mol. The standard InChI is InChI=1S/C12H19ClN4O/c1-16-4-2-10(8-16)6-14-12(18)3-5-17-9-11(13)7-15-17/h7,9-10H,2-6,8H2,1H3,(H,14,18). The molecule has 0 aliphatic carbocycles. The monoisotopic (exact) mass is 270 g/mol. The molecule has 1 atom stereocenters. The summed E-state index contributed by atoms with van der Waals surface area (Å²) in [5.74, 6) is 0.675.